The normalized spacial score (nSPS) is 25.7. The average Bonchev–Trinajstić information content (AvgIpc) is 3.32. The van der Waals surface area contributed by atoms with E-state index in [0.717, 1.165) is 30.1 Å². The van der Waals surface area contributed by atoms with Crippen LogP contribution in [0.1, 0.15) is 37.8 Å². The Morgan fingerprint density at radius 2 is 2.19 bits per heavy atom. The molecule has 3 nitrogen and oxygen atoms in total. The molecule has 1 aliphatic heterocycles. The van der Waals surface area contributed by atoms with Crippen molar-refractivity contribution < 1.29 is 0 Å². The van der Waals surface area contributed by atoms with Crippen LogP contribution in [0, 0.1) is 11.3 Å². The van der Waals surface area contributed by atoms with Crippen LogP contribution in [0.5, 0.6) is 0 Å². The zero-order valence-corrected chi connectivity index (χ0v) is 13.6. The number of hydrogen-bond acceptors (Lipinski definition) is 4. The van der Waals surface area contributed by atoms with Crippen LogP contribution in [-0.2, 0) is 6.54 Å². The van der Waals surface area contributed by atoms with E-state index in [1.165, 1.54) is 18.4 Å². The van der Waals surface area contributed by atoms with Crippen molar-refractivity contribution >= 4 is 17.4 Å². The van der Waals surface area contributed by atoms with E-state index in [0.29, 0.717) is 17.3 Å². The van der Waals surface area contributed by atoms with Crippen molar-refractivity contribution in [3.8, 4) is 6.07 Å². The molecule has 0 bridgehead atoms. The Hall–Kier alpha value is -1.18. The Balaban J connectivity index is 1.79. The predicted molar refractivity (Wildman–Crippen MR) is 89.7 cm³/mol. The van der Waals surface area contributed by atoms with Crippen molar-refractivity contribution in [2.24, 2.45) is 0 Å². The van der Waals surface area contributed by atoms with Gasteiger partial charge in [0.25, 0.3) is 0 Å². The summed E-state index contributed by atoms with van der Waals surface area (Å²) in [5.41, 5.74) is 3.14. The Bertz CT molecular complexity index is 547. The molecule has 1 aromatic carbocycles. The molecule has 2 fully saturated rings. The van der Waals surface area contributed by atoms with Crippen LogP contribution >= 0.6 is 11.8 Å². The molecule has 0 amide bonds. The largest absolute Gasteiger partial charge is 0.366 e. The molecule has 1 saturated carbocycles. The topological polar surface area (TPSA) is 39.1 Å². The number of hydrogen-bond donors (Lipinski definition) is 1. The van der Waals surface area contributed by atoms with Crippen LogP contribution in [0.2, 0.25) is 0 Å². The van der Waals surface area contributed by atoms with Crippen LogP contribution in [0.15, 0.2) is 18.2 Å². The van der Waals surface area contributed by atoms with Crippen molar-refractivity contribution in [1.82, 2.24) is 5.32 Å². The Morgan fingerprint density at radius 3 is 2.90 bits per heavy atom. The summed E-state index contributed by atoms with van der Waals surface area (Å²) in [4.78, 5) is 2.40. The summed E-state index contributed by atoms with van der Waals surface area (Å²) >= 11 is 2.02. The van der Waals surface area contributed by atoms with E-state index < -0.39 is 0 Å². The Kier molecular flexibility index (Phi) is 4.42. The summed E-state index contributed by atoms with van der Waals surface area (Å²) in [5.74, 6) is 1.14. The second-order valence-electron chi connectivity index (χ2n) is 6.13. The number of rotatable bonds is 4. The number of benzene rings is 1. The van der Waals surface area contributed by atoms with Gasteiger partial charge in [0, 0.05) is 36.2 Å². The number of thioether (sulfide) groups is 1. The zero-order valence-electron chi connectivity index (χ0n) is 12.8. The van der Waals surface area contributed by atoms with E-state index in [1.807, 2.05) is 11.8 Å². The third kappa shape index (κ3) is 3.36. The molecule has 0 spiro atoms. The molecular formula is C17H23N3S. The first kappa shape index (κ1) is 14.7. The fraction of sp³-hybridized carbons (Fsp3) is 0.588. The Labute approximate surface area is 131 Å². The quantitative estimate of drug-likeness (QED) is 0.927. The van der Waals surface area contributed by atoms with Gasteiger partial charge in [-0.2, -0.15) is 17.0 Å². The second-order valence-corrected chi connectivity index (χ2v) is 7.61. The highest BCUT2D eigenvalue weighted by atomic mass is 32.2. The lowest BCUT2D eigenvalue weighted by Crippen LogP contribution is -2.45. The minimum atomic E-state index is 0.478. The van der Waals surface area contributed by atoms with E-state index in [2.05, 4.69) is 48.3 Å². The van der Waals surface area contributed by atoms with Gasteiger partial charge in [-0.15, -0.1) is 0 Å². The van der Waals surface area contributed by atoms with Crippen LogP contribution < -0.4 is 10.2 Å². The number of nitrogens with zero attached hydrogens (tertiary/aromatic N) is 2. The molecule has 2 unspecified atom stereocenters. The molecule has 1 aromatic rings. The lowest BCUT2D eigenvalue weighted by Gasteiger charge is -2.39. The third-order valence-corrected chi connectivity index (χ3v) is 5.88. The van der Waals surface area contributed by atoms with Crippen LogP contribution in [0.25, 0.3) is 0 Å². The third-order valence-electron chi connectivity index (χ3n) is 4.55. The first-order valence-electron chi connectivity index (χ1n) is 7.83. The first-order valence-corrected chi connectivity index (χ1v) is 8.88. The maximum atomic E-state index is 9.51. The van der Waals surface area contributed by atoms with E-state index >= 15 is 0 Å². The minimum Gasteiger partial charge on any atom is -0.366 e. The summed E-state index contributed by atoms with van der Waals surface area (Å²) in [7, 11) is 0. The summed E-state index contributed by atoms with van der Waals surface area (Å²) in [5, 5.41) is 13.6. The monoisotopic (exact) mass is 301 g/mol. The van der Waals surface area contributed by atoms with Crippen LogP contribution in [-0.4, -0.2) is 29.6 Å². The maximum absolute atomic E-state index is 9.51. The molecule has 2 atom stereocenters. The molecule has 1 heterocycles. The van der Waals surface area contributed by atoms with Gasteiger partial charge in [-0.3, -0.25) is 0 Å². The van der Waals surface area contributed by atoms with Crippen molar-refractivity contribution in [1.29, 1.82) is 5.26 Å². The van der Waals surface area contributed by atoms with Gasteiger partial charge in [0.15, 0.2) is 0 Å². The van der Waals surface area contributed by atoms with Gasteiger partial charge in [0.05, 0.1) is 11.3 Å². The molecular weight excluding hydrogens is 278 g/mol. The van der Waals surface area contributed by atoms with E-state index in [9.17, 15) is 5.26 Å². The summed E-state index contributed by atoms with van der Waals surface area (Å²) in [6, 6.07) is 9.95. The van der Waals surface area contributed by atoms with Gasteiger partial charge < -0.3 is 10.2 Å². The average molecular weight is 301 g/mol. The van der Waals surface area contributed by atoms with Crippen LogP contribution in [0.3, 0.4) is 0 Å². The zero-order chi connectivity index (χ0) is 14.8. The highest BCUT2D eigenvalue weighted by Gasteiger charge is 2.27. The van der Waals surface area contributed by atoms with Gasteiger partial charge in [0.1, 0.15) is 6.07 Å². The molecule has 1 saturated heterocycles. The highest BCUT2D eigenvalue weighted by molar-refractivity contribution is 8.00. The molecule has 21 heavy (non-hydrogen) atoms. The smallest absolute Gasteiger partial charge is 0.101 e. The van der Waals surface area contributed by atoms with Gasteiger partial charge >= 0.3 is 0 Å². The minimum absolute atomic E-state index is 0.478. The SMILES string of the molecule is CC1SCCN(c2ccc(CNC3CC3)cc2C#N)C1C. The fourth-order valence-corrected chi connectivity index (χ4v) is 3.96. The summed E-state index contributed by atoms with van der Waals surface area (Å²) in [6.07, 6.45) is 2.59. The molecule has 4 heteroatoms. The summed E-state index contributed by atoms with van der Waals surface area (Å²) < 4.78 is 0. The molecule has 3 rings (SSSR count). The lowest BCUT2D eigenvalue weighted by molar-refractivity contribution is 0.626. The second kappa shape index (κ2) is 6.29. The molecule has 1 aliphatic carbocycles. The number of anilines is 1. The fourth-order valence-electron chi connectivity index (χ4n) is 2.86. The molecule has 112 valence electrons. The molecule has 1 N–H and O–H groups in total. The maximum Gasteiger partial charge on any atom is 0.101 e. The molecule has 0 aromatic heterocycles. The predicted octanol–water partition coefficient (Wildman–Crippen LogP) is 3.14. The van der Waals surface area contributed by atoms with E-state index in [4.69, 9.17) is 0 Å². The van der Waals surface area contributed by atoms with Crippen molar-refractivity contribution in [2.45, 2.75) is 50.6 Å². The van der Waals surface area contributed by atoms with E-state index in [-0.39, 0.29) is 0 Å². The van der Waals surface area contributed by atoms with Gasteiger partial charge in [-0.1, -0.05) is 13.0 Å². The van der Waals surface area contributed by atoms with Gasteiger partial charge in [0.2, 0.25) is 0 Å². The van der Waals surface area contributed by atoms with Crippen molar-refractivity contribution in [3.05, 3.63) is 29.3 Å². The standard InChI is InChI=1S/C17H23N3S/c1-12-13(2)21-8-7-20(12)17-6-3-14(9-15(17)10-18)11-19-16-4-5-16/h3,6,9,12-13,16,19H,4-5,7-8,11H2,1-2H3. The first-order chi connectivity index (χ1) is 10.2. The van der Waals surface area contributed by atoms with Crippen molar-refractivity contribution in [3.63, 3.8) is 0 Å². The number of nitriles is 1. The lowest BCUT2D eigenvalue weighted by atomic mass is 10.1. The molecule has 2 aliphatic rings. The molecule has 0 radical (unpaired) electrons. The Morgan fingerprint density at radius 1 is 1.38 bits per heavy atom. The summed E-state index contributed by atoms with van der Waals surface area (Å²) in [6.45, 7) is 6.45. The van der Waals surface area contributed by atoms with Gasteiger partial charge in [-0.25, -0.2) is 0 Å². The van der Waals surface area contributed by atoms with Crippen molar-refractivity contribution in [2.75, 3.05) is 17.2 Å². The van der Waals surface area contributed by atoms with Gasteiger partial charge in [-0.05, 0) is 37.5 Å². The highest BCUT2D eigenvalue weighted by Crippen LogP contribution is 2.31. The van der Waals surface area contributed by atoms with Crippen LogP contribution in [0.4, 0.5) is 5.69 Å². The number of nitrogens with one attached hydrogen (secondary N) is 1. The van der Waals surface area contributed by atoms with E-state index in [1.54, 1.807) is 0 Å².